The number of rotatable bonds is 2. The van der Waals surface area contributed by atoms with Crippen molar-refractivity contribution in [3.8, 4) is 0 Å². The highest BCUT2D eigenvalue weighted by molar-refractivity contribution is 5.05. The van der Waals surface area contributed by atoms with E-state index in [-0.39, 0.29) is 0 Å². The van der Waals surface area contributed by atoms with Crippen molar-refractivity contribution in [2.75, 3.05) is 0 Å². The second kappa shape index (κ2) is 4.36. The molecule has 0 N–H and O–H groups in total. The van der Waals surface area contributed by atoms with Crippen LogP contribution in [0, 0.1) is 12.8 Å². The highest BCUT2D eigenvalue weighted by Gasteiger charge is 2.09. The van der Waals surface area contributed by atoms with Crippen molar-refractivity contribution in [1.82, 2.24) is 9.97 Å². The first-order valence-corrected chi connectivity index (χ1v) is 5.29. The summed E-state index contributed by atoms with van der Waals surface area (Å²) in [6.45, 7) is 1.97. The van der Waals surface area contributed by atoms with Crippen molar-refractivity contribution in [3.63, 3.8) is 0 Å². The fourth-order valence-corrected chi connectivity index (χ4v) is 1.85. The Morgan fingerprint density at radius 3 is 2.93 bits per heavy atom. The van der Waals surface area contributed by atoms with Gasteiger partial charge in [0, 0.05) is 12.4 Å². The van der Waals surface area contributed by atoms with Crippen molar-refractivity contribution in [1.29, 1.82) is 0 Å². The third-order valence-electron chi connectivity index (χ3n) is 2.66. The minimum absolute atomic E-state index is 0.681. The Morgan fingerprint density at radius 2 is 2.29 bits per heavy atom. The second-order valence-corrected chi connectivity index (χ2v) is 3.97. The summed E-state index contributed by atoms with van der Waals surface area (Å²) in [4.78, 5) is 8.63. The molecule has 0 amide bonds. The molecule has 0 unspecified atom stereocenters. The van der Waals surface area contributed by atoms with Crippen molar-refractivity contribution < 1.29 is 0 Å². The summed E-state index contributed by atoms with van der Waals surface area (Å²) in [5.74, 6) is 0.681. The third-order valence-corrected chi connectivity index (χ3v) is 2.66. The van der Waals surface area contributed by atoms with E-state index in [1.54, 1.807) is 0 Å². The molecule has 1 aromatic rings. The Kier molecular flexibility index (Phi) is 2.92. The van der Waals surface area contributed by atoms with Crippen LogP contribution in [0.2, 0.25) is 0 Å². The van der Waals surface area contributed by atoms with Crippen molar-refractivity contribution in [2.45, 2.75) is 32.6 Å². The van der Waals surface area contributed by atoms with E-state index in [4.69, 9.17) is 0 Å². The van der Waals surface area contributed by atoms with Gasteiger partial charge < -0.3 is 0 Å². The van der Waals surface area contributed by atoms with E-state index in [0.717, 1.165) is 17.8 Å². The highest BCUT2D eigenvalue weighted by Crippen LogP contribution is 2.20. The molecule has 0 bridgehead atoms. The van der Waals surface area contributed by atoms with Crippen LogP contribution in [-0.2, 0) is 6.42 Å². The SMILES string of the molecule is Cc1cnc(C[C@H]2C=CCCC2)cn1. The molecule has 0 aromatic carbocycles. The standard InChI is InChI=1S/C12H16N2/c1-10-8-14-12(9-13-10)7-11-5-3-2-4-6-11/h3,5,8-9,11H,2,4,6-7H2,1H3/t11-/m0/s1. The third kappa shape index (κ3) is 2.41. The maximum Gasteiger partial charge on any atom is 0.0592 e. The van der Waals surface area contributed by atoms with Crippen LogP contribution in [0.5, 0.6) is 0 Å². The van der Waals surface area contributed by atoms with E-state index >= 15 is 0 Å². The molecular formula is C12H16N2. The van der Waals surface area contributed by atoms with E-state index < -0.39 is 0 Å². The minimum Gasteiger partial charge on any atom is -0.258 e. The van der Waals surface area contributed by atoms with Crippen LogP contribution >= 0.6 is 0 Å². The number of allylic oxidation sites excluding steroid dienone is 2. The molecule has 0 saturated heterocycles. The zero-order valence-corrected chi connectivity index (χ0v) is 8.61. The van der Waals surface area contributed by atoms with Gasteiger partial charge in [0.25, 0.3) is 0 Å². The molecule has 1 atom stereocenters. The summed E-state index contributed by atoms with van der Waals surface area (Å²) in [7, 11) is 0. The van der Waals surface area contributed by atoms with E-state index in [1.807, 2.05) is 19.3 Å². The Bertz CT molecular complexity index is 314. The summed E-state index contributed by atoms with van der Waals surface area (Å²) >= 11 is 0. The molecule has 1 aromatic heterocycles. The van der Waals surface area contributed by atoms with Gasteiger partial charge in [-0.25, -0.2) is 0 Å². The van der Waals surface area contributed by atoms with Gasteiger partial charge in [-0.15, -0.1) is 0 Å². The molecule has 0 aliphatic heterocycles. The van der Waals surface area contributed by atoms with Crippen molar-refractivity contribution >= 4 is 0 Å². The molecule has 14 heavy (non-hydrogen) atoms. The van der Waals surface area contributed by atoms with Crippen LogP contribution in [0.25, 0.3) is 0 Å². The molecule has 0 saturated carbocycles. The fourth-order valence-electron chi connectivity index (χ4n) is 1.85. The normalized spacial score (nSPS) is 21.1. The molecule has 0 radical (unpaired) electrons. The van der Waals surface area contributed by atoms with Crippen molar-refractivity contribution in [2.24, 2.45) is 5.92 Å². The van der Waals surface area contributed by atoms with Gasteiger partial charge in [0.05, 0.1) is 11.4 Å². The van der Waals surface area contributed by atoms with E-state index in [9.17, 15) is 0 Å². The number of hydrogen-bond donors (Lipinski definition) is 0. The predicted molar refractivity (Wildman–Crippen MR) is 57.0 cm³/mol. The molecule has 0 spiro atoms. The van der Waals surface area contributed by atoms with Crippen LogP contribution < -0.4 is 0 Å². The number of hydrogen-bond acceptors (Lipinski definition) is 2. The zero-order chi connectivity index (χ0) is 9.80. The highest BCUT2D eigenvalue weighted by atomic mass is 14.8. The molecule has 2 rings (SSSR count). The summed E-state index contributed by atoms with van der Waals surface area (Å²) in [6, 6.07) is 0. The average molecular weight is 188 g/mol. The Labute approximate surface area is 85.1 Å². The topological polar surface area (TPSA) is 25.8 Å². The van der Waals surface area contributed by atoms with E-state index in [1.165, 1.54) is 19.3 Å². The largest absolute Gasteiger partial charge is 0.258 e. The molecular weight excluding hydrogens is 172 g/mol. The summed E-state index contributed by atoms with van der Waals surface area (Å²) in [5, 5.41) is 0. The molecule has 0 fully saturated rings. The molecule has 2 heteroatoms. The van der Waals surface area contributed by atoms with Gasteiger partial charge in [-0.05, 0) is 38.5 Å². The Balaban J connectivity index is 1.99. The van der Waals surface area contributed by atoms with Crippen LogP contribution in [0.15, 0.2) is 24.5 Å². The second-order valence-electron chi connectivity index (χ2n) is 3.97. The van der Waals surface area contributed by atoms with E-state index in [2.05, 4.69) is 22.1 Å². The van der Waals surface area contributed by atoms with Crippen LogP contribution in [0.4, 0.5) is 0 Å². The molecule has 1 heterocycles. The number of nitrogens with zero attached hydrogens (tertiary/aromatic N) is 2. The van der Waals surface area contributed by atoms with Gasteiger partial charge in [0.2, 0.25) is 0 Å². The van der Waals surface area contributed by atoms with Crippen LogP contribution in [0.1, 0.15) is 30.7 Å². The first kappa shape index (κ1) is 9.38. The van der Waals surface area contributed by atoms with Crippen LogP contribution in [-0.4, -0.2) is 9.97 Å². The fraction of sp³-hybridized carbons (Fsp3) is 0.500. The summed E-state index contributed by atoms with van der Waals surface area (Å²) < 4.78 is 0. The predicted octanol–water partition coefficient (Wildman–Crippen LogP) is 2.68. The quantitative estimate of drug-likeness (QED) is 0.667. The van der Waals surface area contributed by atoms with Gasteiger partial charge >= 0.3 is 0 Å². The molecule has 74 valence electrons. The lowest BCUT2D eigenvalue weighted by Crippen LogP contribution is -2.06. The lowest BCUT2D eigenvalue weighted by molar-refractivity contribution is 0.532. The molecule has 1 aliphatic carbocycles. The first-order valence-electron chi connectivity index (χ1n) is 5.29. The number of aromatic nitrogens is 2. The maximum atomic E-state index is 4.38. The van der Waals surface area contributed by atoms with Crippen LogP contribution in [0.3, 0.4) is 0 Å². The monoisotopic (exact) mass is 188 g/mol. The van der Waals surface area contributed by atoms with Gasteiger partial charge in [0.1, 0.15) is 0 Å². The first-order chi connectivity index (χ1) is 6.84. The maximum absolute atomic E-state index is 4.38. The Morgan fingerprint density at radius 1 is 1.36 bits per heavy atom. The minimum atomic E-state index is 0.681. The average Bonchev–Trinajstić information content (AvgIpc) is 2.23. The number of aryl methyl sites for hydroxylation is 1. The Hall–Kier alpha value is -1.18. The lowest BCUT2D eigenvalue weighted by Gasteiger charge is -2.15. The smallest absolute Gasteiger partial charge is 0.0592 e. The summed E-state index contributed by atoms with van der Waals surface area (Å²) in [5.41, 5.74) is 2.11. The summed E-state index contributed by atoms with van der Waals surface area (Å²) in [6.07, 6.45) is 13.3. The van der Waals surface area contributed by atoms with Gasteiger partial charge in [-0.2, -0.15) is 0 Å². The lowest BCUT2D eigenvalue weighted by atomic mass is 9.92. The zero-order valence-electron chi connectivity index (χ0n) is 8.61. The van der Waals surface area contributed by atoms with Gasteiger partial charge in [0.15, 0.2) is 0 Å². The molecule has 1 aliphatic rings. The van der Waals surface area contributed by atoms with Gasteiger partial charge in [-0.3, -0.25) is 9.97 Å². The van der Waals surface area contributed by atoms with Gasteiger partial charge in [-0.1, -0.05) is 12.2 Å². The molecule has 2 nitrogen and oxygen atoms in total. The van der Waals surface area contributed by atoms with Crippen molar-refractivity contribution in [3.05, 3.63) is 35.9 Å². The van der Waals surface area contributed by atoms with E-state index in [0.29, 0.717) is 5.92 Å².